The second-order valence-electron chi connectivity index (χ2n) is 4.94. The molecule has 2 N–H and O–H groups in total. The minimum absolute atomic E-state index is 0.0809. The van der Waals surface area contributed by atoms with E-state index in [1.165, 1.54) is 0 Å². The molecule has 0 spiro atoms. The van der Waals surface area contributed by atoms with Crippen LogP contribution in [-0.2, 0) is 4.79 Å². The average molecular weight is 225 g/mol. The van der Waals surface area contributed by atoms with Gasteiger partial charge in [-0.25, -0.2) is 0 Å². The van der Waals surface area contributed by atoms with Gasteiger partial charge in [-0.15, -0.1) is 0 Å². The van der Waals surface area contributed by atoms with Crippen molar-refractivity contribution in [2.45, 2.75) is 26.3 Å². The van der Waals surface area contributed by atoms with Crippen LogP contribution in [0.4, 0.5) is 0 Å². The average Bonchev–Trinajstić information content (AvgIpc) is 2.27. The standard InChI is InChI=1S/C12H23N3O/c1-10(2)9-14-11(16)12(3,4)15-7-5-13-6-8-15/h13H,1,5-9H2,2-4H3,(H,14,16). The number of hydrogen-bond donors (Lipinski definition) is 2. The van der Waals surface area contributed by atoms with E-state index < -0.39 is 5.54 Å². The molecule has 0 aromatic carbocycles. The summed E-state index contributed by atoms with van der Waals surface area (Å²) in [6, 6.07) is 0. The molecular formula is C12H23N3O. The molecule has 1 fully saturated rings. The van der Waals surface area contributed by atoms with Gasteiger partial charge in [-0.3, -0.25) is 9.69 Å². The second-order valence-corrected chi connectivity index (χ2v) is 4.94. The maximum Gasteiger partial charge on any atom is 0.240 e. The normalized spacial score (nSPS) is 18.2. The number of nitrogens with one attached hydrogen (secondary N) is 2. The van der Waals surface area contributed by atoms with Crippen LogP contribution in [0.3, 0.4) is 0 Å². The molecule has 0 bridgehead atoms. The molecule has 0 unspecified atom stereocenters. The van der Waals surface area contributed by atoms with E-state index in [9.17, 15) is 4.79 Å². The third-order valence-corrected chi connectivity index (χ3v) is 3.01. The number of amides is 1. The fraction of sp³-hybridized carbons (Fsp3) is 0.750. The molecule has 0 atom stereocenters. The Morgan fingerprint density at radius 3 is 2.50 bits per heavy atom. The number of carbonyl (C=O) groups is 1. The van der Waals surface area contributed by atoms with Crippen LogP contribution in [0.2, 0.25) is 0 Å². The monoisotopic (exact) mass is 225 g/mol. The maximum atomic E-state index is 12.1. The Morgan fingerprint density at radius 2 is 2.00 bits per heavy atom. The lowest BCUT2D eigenvalue weighted by Gasteiger charge is -2.39. The maximum absolute atomic E-state index is 12.1. The van der Waals surface area contributed by atoms with Crippen molar-refractivity contribution in [1.29, 1.82) is 0 Å². The molecule has 1 aliphatic rings. The van der Waals surface area contributed by atoms with Gasteiger partial charge in [0.25, 0.3) is 0 Å². The topological polar surface area (TPSA) is 44.4 Å². The summed E-state index contributed by atoms with van der Waals surface area (Å²) in [7, 11) is 0. The van der Waals surface area contributed by atoms with E-state index >= 15 is 0 Å². The summed E-state index contributed by atoms with van der Waals surface area (Å²) in [6.45, 7) is 14.0. The molecule has 16 heavy (non-hydrogen) atoms. The zero-order valence-electron chi connectivity index (χ0n) is 10.6. The lowest BCUT2D eigenvalue weighted by molar-refractivity contribution is -0.131. The van der Waals surface area contributed by atoms with E-state index in [1.54, 1.807) is 0 Å². The quantitative estimate of drug-likeness (QED) is 0.679. The van der Waals surface area contributed by atoms with Crippen LogP contribution in [0.25, 0.3) is 0 Å². The zero-order chi connectivity index (χ0) is 12.2. The zero-order valence-corrected chi connectivity index (χ0v) is 10.6. The van der Waals surface area contributed by atoms with E-state index in [0.29, 0.717) is 6.54 Å². The first-order valence-corrected chi connectivity index (χ1v) is 5.83. The van der Waals surface area contributed by atoms with E-state index in [-0.39, 0.29) is 5.91 Å². The lowest BCUT2D eigenvalue weighted by atomic mass is 10.0. The second kappa shape index (κ2) is 5.46. The van der Waals surface area contributed by atoms with Crippen molar-refractivity contribution in [3.05, 3.63) is 12.2 Å². The van der Waals surface area contributed by atoms with Crippen molar-refractivity contribution in [2.75, 3.05) is 32.7 Å². The van der Waals surface area contributed by atoms with Gasteiger partial charge in [-0.2, -0.15) is 0 Å². The highest BCUT2D eigenvalue weighted by atomic mass is 16.2. The molecule has 0 saturated carbocycles. The van der Waals surface area contributed by atoms with Gasteiger partial charge in [-0.1, -0.05) is 12.2 Å². The highest BCUT2D eigenvalue weighted by molar-refractivity contribution is 5.85. The van der Waals surface area contributed by atoms with Crippen LogP contribution < -0.4 is 10.6 Å². The van der Waals surface area contributed by atoms with E-state index in [1.807, 2.05) is 20.8 Å². The molecule has 1 heterocycles. The number of piperazine rings is 1. The number of carbonyl (C=O) groups excluding carboxylic acids is 1. The lowest BCUT2D eigenvalue weighted by Crippen LogP contribution is -2.60. The van der Waals surface area contributed by atoms with Crippen LogP contribution >= 0.6 is 0 Å². The molecule has 1 rings (SSSR count). The predicted molar refractivity (Wildman–Crippen MR) is 66.3 cm³/mol. The van der Waals surface area contributed by atoms with Crippen LogP contribution in [0.5, 0.6) is 0 Å². The molecule has 1 aliphatic heterocycles. The van der Waals surface area contributed by atoms with Gasteiger partial charge in [0, 0.05) is 32.7 Å². The Bertz CT molecular complexity index is 267. The van der Waals surface area contributed by atoms with Crippen molar-refractivity contribution >= 4 is 5.91 Å². The molecule has 4 nitrogen and oxygen atoms in total. The molecule has 0 radical (unpaired) electrons. The van der Waals surface area contributed by atoms with Crippen molar-refractivity contribution in [3.63, 3.8) is 0 Å². The molecule has 92 valence electrons. The van der Waals surface area contributed by atoms with Crippen LogP contribution in [0.15, 0.2) is 12.2 Å². The summed E-state index contributed by atoms with van der Waals surface area (Å²) < 4.78 is 0. The van der Waals surface area contributed by atoms with Gasteiger partial charge < -0.3 is 10.6 Å². The summed E-state index contributed by atoms with van der Waals surface area (Å²) in [5.74, 6) is 0.0809. The Kier molecular flexibility index (Phi) is 4.50. The Balaban J connectivity index is 2.53. The SMILES string of the molecule is C=C(C)CNC(=O)C(C)(C)N1CCNCC1. The summed E-state index contributed by atoms with van der Waals surface area (Å²) in [5, 5.41) is 6.21. The highest BCUT2D eigenvalue weighted by Crippen LogP contribution is 2.15. The first-order chi connectivity index (χ1) is 7.44. The Morgan fingerprint density at radius 1 is 1.44 bits per heavy atom. The van der Waals surface area contributed by atoms with Gasteiger partial charge in [0.1, 0.15) is 0 Å². The Labute approximate surface area is 98.1 Å². The number of rotatable bonds is 4. The van der Waals surface area contributed by atoms with Crippen molar-refractivity contribution < 1.29 is 4.79 Å². The minimum Gasteiger partial charge on any atom is -0.351 e. The van der Waals surface area contributed by atoms with E-state index in [4.69, 9.17) is 0 Å². The fourth-order valence-corrected chi connectivity index (χ4v) is 1.81. The first kappa shape index (κ1) is 13.2. The molecule has 4 heteroatoms. The summed E-state index contributed by atoms with van der Waals surface area (Å²) in [5.41, 5.74) is 0.543. The van der Waals surface area contributed by atoms with Crippen molar-refractivity contribution in [2.24, 2.45) is 0 Å². The van der Waals surface area contributed by atoms with E-state index in [0.717, 1.165) is 31.8 Å². The third-order valence-electron chi connectivity index (χ3n) is 3.01. The van der Waals surface area contributed by atoms with Gasteiger partial charge in [0.15, 0.2) is 0 Å². The molecule has 0 aromatic heterocycles. The van der Waals surface area contributed by atoms with Gasteiger partial charge in [-0.05, 0) is 20.8 Å². The highest BCUT2D eigenvalue weighted by Gasteiger charge is 2.34. The molecule has 0 aliphatic carbocycles. The van der Waals surface area contributed by atoms with Crippen molar-refractivity contribution in [3.8, 4) is 0 Å². The molecular weight excluding hydrogens is 202 g/mol. The number of nitrogens with zero attached hydrogens (tertiary/aromatic N) is 1. The first-order valence-electron chi connectivity index (χ1n) is 5.83. The largest absolute Gasteiger partial charge is 0.351 e. The Hall–Kier alpha value is -0.870. The summed E-state index contributed by atoms with van der Waals surface area (Å²) in [4.78, 5) is 14.3. The van der Waals surface area contributed by atoms with Crippen LogP contribution in [0.1, 0.15) is 20.8 Å². The van der Waals surface area contributed by atoms with Crippen LogP contribution in [-0.4, -0.2) is 49.1 Å². The molecule has 0 aromatic rings. The van der Waals surface area contributed by atoms with Gasteiger partial charge in [0.2, 0.25) is 5.91 Å². The minimum atomic E-state index is -0.433. The number of hydrogen-bond acceptors (Lipinski definition) is 3. The third kappa shape index (κ3) is 3.32. The van der Waals surface area contributed by atoms with Gasteiger partial charge in [0.05, 0.1) is 5.54 Å². The van der Waals surface area contributed by atoms with Crippen molar-refractivity contribution in [1.82, 2.24) is 15.5 Å². The van der Waals surface area contributed by atoms with Crippen LogP contribution in [0, 0.1) is 0 Å². The predicted octanol–water partition coefficient (Wildman–Crippen LogP) is 0.363. The summed E-state index contributed by atoms with van der Waals surface area (Å²) >= 11 is 0. The summed E-state index contributed by atoms with van der Waals surface area (Å²) in [6.07, 6.45) is 0. The molecule has 1 saturated heterocycles. The molecule has 1 amide bonds. The smallest absolute Gasteiger partial charge is 0.240 e. The van der Waals surface area contributed by atoms with Gasteiger partial charge >= 0.3 is 0 Å². The van der Waals surface area contributed by atoms with E-state index in [2.05, 4.69) is 22.1 Å². The fourth-order valence-electron chi connectivity index (χ4n) is 1.81.